The van der Waals surface area contributed by atoms with Crippen LogP contribution < -0.4 is 0 Å². The van der Waals surface area contributed by atoms with E-state index in [1.54, 1.807) is 0 Å². The Hall–Kier alpha value is -1.72. The van der Waals surface area contributed by atoms with E-state index in [4.69, 9.17) is 4.52 Å². The van der Waals surface area contributed by atoms with Crippen LogP contribution in [0.15, 0.2) is 29.0 Å². The molecule has 3 saturated heterocycles. The molecule has 1 atom stereocenters. The largest absolute Gasteiger partial charge is 0.361 e. The lowest BCUT2D eigenvalue weighted by Gasteiger charge is -2.49. The maximum absolute atomic E-state index is 5.40. The number of hydrogen-bond acceptors (Lipinski definition) is 5. The van der Waals surface area contributed by atoms with Crippen LogP contribution in [0.3, 0.4) is 0 Å². The minimum Gasteiger partial charge on any atom is -0.361 e. The maximum Gasteiger partial charge on any atom is 0.138 e. The Labute approximate surface area is 143 Å². The molecule has 2 bridgehead atoms. The van der Waals surface area contributed by atoms with Crippen molar-refractivity contribution in [3.63, 3.8) is 0 Å². The van der Waals surface area contributed by atoms with Crippen LogP contribution in [-0.4, -0.2) is 45.6 Å². The molecule has 0 N–H and O–H groups in total. The summed E-state index contributed by atoms with van der Waals surface area (Å²) in [5.41, 5.74) is 3.54. The standard InChI is InChI=1S/C19H26N4O/c1-14-18(15(2)24-21-14)12-23(11-16-4-3-7-20-10-16)19-13-22-8-5-17(19)6-9-22/h3-4,7,10,17,19H,5-6,8-9,11-13H2,1-2H3. The smallest absolute Gasteiger partial charge is 0.138 e. The van der Waals surface area contributed by atoms with Gasteiger partial charge in [0.15, 0.2) is 0 Å². The summed E-state index contributed by atoms with van der Waals surface area (Å²) in [6.07, 6.45) is 6.49. The Kier molecular flexibility index (Phi) is 4.37. The molecule has 0 aliphatic carbocycles. The van der Waals surface area contributed by atoms with Crippen molar-refractivity contribution in [2.45, 2.75) is 45.8 Å². The number of pyridine rings is 1. The highest BCUT2D eigenvalue weighted by Crippen LogP contribution is 2.33. The van der Waals surface area contributed by atoms with E-state index in [2.05, 4.69) is 26.0 Å². The number of piperidine rings is 3. The second-order valence-corrected chi connectivity index (χ2v) is 7.27. The van der Waals surface area contributed by atoms with Crippen LogP contribution in [-0.2, 0) is 13.1 Å². The third-order valence-corrected chi connectivity index (χ3v) is 5.74. The van der Waals surface area contributed by atoms with E-state index in [-0.39, 0.29) is 0 Å². The normalized spacial score (nSPS) is 26.2. The predicted octanol–water partition coefficient (Wildman–Crippen LogP) is 2.78. The SMILES string of the molecule is Cc1noc(C)c1CN(Cc1cccnc1)C1CN2CCC1CC2. The Balaban J connectivity index is 1.59. The molecule has 5 rings (SSSR count). The molecule has 128 valence electrons. The third kappa shape index (κ3) is 3.10. The Morgan fingerprint density at radius 2 is 2.08 bits per heavy atom. The number of fused-ring (bicyclic) bond motifs is 3. The molecular weight excluding hydrogens is 300 g/mol. The first-order valence-electron chi connectivity index (χ1n) is 8.98. The quantitative estimate of drug-likeness (QED) is 0.845. The van der Waals surface area contributed by atoms with E-state index in [0.29, 0.717) is 6.04 Å². The highest BCUT2D eigenvalue weighted by atomic mass is 16.5. The average molecular weight is 326 g/mol. The Bertz CT molecular complexity index is 656. The molecule has 5 heteroatoms. The van der Waals surface area contributed by atoms with Gasteiger partial charge in [-0.2, -0.15) is 0 Å². The maximum atomic E-state index is 5.40. The van der Waals surface area contributed by atoms with Crippen molar-refractivity contribution in [1.29, 1.82) is 0 Å². The van der Waals surface area contributed by atoms with Crippen molar-refractivity contribution in [3.05, 3.63) is 47.1 Å². The van der Waals surface area contributed by atoms with E-state index in [0.717, 1.165) is 30.5 Å². The summed E-state index contributed by atoms with van der Waals surface area (Å²) in [5.74, 6) is 1.76. The van der Waals surface area contributed by atoms with Crippen molar-refractivity contribution in [2.24, 2.45) is 5.92 Å². The lowest BCUT2D eigenvalue weighted by Crippen LogP contribution is -2.56. The highest BCUT2D eigenvalue weighted by molar-refractivity contribution is 5.21. The van der Waals surface area contributed by atoms with Gasteiger partial charge in [-0.15, -0.1) is 0 Å². The van der Waals surface area contributed by atoms with Gasteiger partial charge >= 0.3 is 0 Å². The average Bonchev–Trinajstić information content (AvgIpc) is 2.95. The second-order valence-electron chi connectivity index (χ2n) is 7.27. The van der Waals surface area contributed by atoms with Gasteiger partial charge in [-0.3, -0.25) is 9.88 Å². The summed E-state index contributed by atoms with van der Waals surface area (Å²) in [5, 5.41) is 4.14. The molecule has 0 aromatic carbocycles. The first-order valence-corrected chi connectivity index (χ1v) is 8.98. The van der Waals surface area contributed by atoms with Gasteiger partial charge in [0.05, 0.1) is 5.69 Å². The first-order chi connectivity index (χ1) is 11.7. The topological polar surface area (TPSA) is 45.4 Å². The number of nitrogens with zero attached hydrogens (tertiary/aromatic N) is 4. The van der Waals surface area contributed by atoms with E-state index >= 15 is 0 Å². The summed E-state index contributed by atoms with van der Waals surface area (Å²) in [6.45, 7) is 9.64. The lowest BCUT2D eigenvalue weighted by atomic mass is 9.82. The molecule has 5 heterocycles. The molecule has 0 saturated carbocycles. The molecule has 3 aliphatic heterocycles. The van der Waals surface area contributed by atoms with Crippen LogP contribution in [0.5, 0.6) is 0 Å². The summed E-state index contributed by atoms with van der Waals surface area (Å²) < 4.78 is 5.40. The molecule has 5 nitrogen and oxygen atoms in total. The predicted molar refractivity (Wildman–Crippen MR) is 92.4 cm³/mol. The molecule has 0 radical (unpaired) electrons. The monoisotopic (exact) mass is 326 g/mol. The molecule has 2 aromatic rings. The van der Waals surface area contributed by atoms with Crippen molar-refractivity contribution < 1.29 is 4.52 Å². The van der Waals surface area contributed by atoms with Gasteiger partial charge in [-0.1, -0.05) is 11.2 Å². The van der Waals surface area contributed by atoms with Crippen LogP contribution in [0.1, 0.15) is 35.4 Å². The van der Waals surface area contributed by atoms with Crippen LogP contribution >= 0.6 is 0 Å². The minimum absolute atomic E-state index is 0.612. The number of aryl methyl sites for hydroxylation is 2. The fraction of sp³-hybridized carbons (Fsp3) is 0.579. The van der Waals surface area contributed by atoms with Gasteiger partial charge in [-0.05, 0) is 57.3 Å². The summed E-state index contributed by atoms with van der Waals surface area (Å²) in [6, 6.07) is 4.82. The van der Waals surface area contributed by atoms with E-state index in [1.807, 2.05) is 32.3 Å². The zero-order valence-corrected chi connectivity index (χ0v) is 14.6. The van der Waals surface area contributed by atoms with Crippen LogP contribution in [0.25, 0.3) is 0 Å². The van der Waals surface area contributed by atoms with Crippen molar-refractivity contribution in [2.75, 3.05) is 19.6 Å². The minimum atomic E-state index is 0.612. The van der Waals surface area contributed by atoms with Gasteiger partial charge in [0.1, 0.15) is 5.76 Å². The molecule has 3 fully saturated rings. The molecule has 0 spiro atoms. The lowest BCUT2D eigenvalue weighted by molar-refractivity contribution is -0.00287. The van der Waals surface area contributed by atoms with Crippen molar-refractivity contribution in [1.82, 2.24) is 19.9 Å². The zero-order valence-electron chi connectivity index (χ0n) is 14.6. The van der Waals surface area contributed by atoms with Gasteiger partial charge < -0.3 is 9.42 Å². The van der Waals surface area contributed by atoms with Crippen LogP contribution in [0.4, 0.5) is 0 Å². The van der Waals surface area contributed by atoms with Gasteiger partial charge in [-0.25, -0.2) is 0 Å². The van der Waals surface area contributed by atoms with E-state index < -0.39 is 0 Å². The molecule has 3 aliphatic rings. The second kappa shape index (κ2) is 6.65. The zero-order chi connectivity index (χ0) is 16.5. The molecule has 2 aromatic heterocycles. The number of hydrogen-bond donors (Lipinski definition) is 0. The first kappa shape index (κ1) is 15.8. The molecule has 0 amide bonds. The van der Waals surface area contributed by atoms with E-state index in [9.17, 15) is 0 Å². The molecule has 24 heavy (non-hydrogen) atoms. The fourth-order valence-electron chi connectivity index (χ4n) is 4.29. The van der Waals surface area contributed by atoms with Crippen molar-refractivity contribution >= 4 is 0 Å². The number of aromatic nitrogens is 2. The summed E-state index contributed by atoms with van der Waals surface area (Å²) in [7, 11) is 0. The molecule has 1 unspecified atom stereocenters. The van der Waals surface area contributed by atoms with Gasteiger partial charge in [0, 0.05) is 43.6 Å². The third-order valence-electron chi connectivity index (χ3n) is 5.74. The Morgan fingerprint density at radius 3 is 2.67 bits per heavy atom. The van der Waals surface area contributed by atoms with Crippen molar-refractivity contribution in [3.8, 4) is 0 Å². The molecular formula is C19H26N4O. The fourth-order valence-corrected chi connectivity index (χ4v) is 4.29. The van der Waals surface area contributed by atoms with Gasteiger partial charge in [0.25, 0.3) is 0 Å². The van der Waals surface area contributed by atoms with Gasteiger partial charge in [0.2, 0.25) is 0 Å². The number of rotatable bonds is 5. The Morgan fingerprint density at radius 1 is 1.25 bits per heavy atom. The summed E-state index contributed by atoms with van der Waals surface area (Å²) >= 11 is 0. The summed E-state index contributed by atoms with van der Waals surface area (Å²) in [4.78, 5) is 9.54. The van der Waals surface area contributed by atoms with Crippen LogP contribution in [0, 0.1) is 19.8 Å². The van der Waals surface area contributed by atoms with E-state index in [1.165, 1.54) is 43.6 Å². The van der Waals surface area contributed by atoms with Crippen LogP contribution in [0.2, 0.25) is 0 Å². The highest BCUT2D eigenvalue weighted by Gasteiger charge is 2.37.